The number of hydrogen-bond donors (Lipinski definition) is 1. The zero-order valence-corrected chi connectivity index (χ0v) is 16.6. The third-order valence-electron chi connectivity index (χ3n) is 4.61. The van der Waals surface area contributed by atoms with Crippen molar-refractivity contribution in [1.29, 1.82) is 0 Å². The second kappa shape index (κ2) is 8.45. The number of hydrogen-bond acceptors (Lipinski definition) is 4. The monoisotopic (exact) mass is 418 g/mol. The number of benzene rings is 2. The largest absolute Gasteiger partial charge is 0.493 e. The van der Waals surface area contributed by atoms with Crippen molar-refractivity contribution in [2.24, 2.45) is 0 Å². The molecule has 0 aliphatic carbocycles. The van der Waals surface area contributed by atoms with E-state index in [4.69, 9.17) is 9.47 Å². The first kappa shape index (κ1) is 18.6. The number of ether oxygens (including phenoxy) is 2. The van der Waals surface area contributed by atoms with Crippen LogP contribution in [0.5, 0.6) is 11.5 Å². The Morgan fingerprint density at radius 2 is 1.85 bits per heavy atom. The summed E-state index contributed by atoms with van der Waals surface area (Å²) in [6.45, 7) is 1.43. The Balaban J connectivity index is 1.64. The fraction of sp³-hybridized carbons (Fsp3) is 0.350. The van der Waals surface area contributed by atoms with Crippen LogP contribution in [0.15, 0.2) is 46.9 Å². The van der Waals surface area contributed by atoms with Crippen molar-refractivity contribution in [3.63, 3.8) is 0 Å². The normalized spacial score (nSPS) is 14.8. The van der Waals surface area contributed by atoms with Gasteiger partial charge in [0, 0.05) is 29.3 Å². The van der Waals surface area contributed by atoms with E-state index in [2.05, 4.69) is 33.4 Å². The van der Waals surface area contributed by atoms with Crippen LogP contribution < -0.4 is 14.8 Å². The van der Waals surface area contributed by atoms with Gasteiger partial charge in [-0.2, -0.15) is 0 Å². The van der Waals surface area contributed by atoms with Crippen LogP contribution in [0.1, 0.15) is 23.2 Å². The van der Waals surface area contributed by atoms with Crippen molar-refractivity contribution in [3.05, 3.63) is 52.5 Å². The van der Waals surface area contributed by atoms with Crippen molar-refractivity contribution >= 4 is 27.5 Å². The van der Waals surface area contributed by atoms with Gasteiger partial charge in [-0.3, -0.25) is 4.79 Å². The number of methoxy groups -OCH3 is 2. The molecule has 0 spiro atoms. The van der Waals surface area contributed by atoms with Crippen LogP contribution in [-0.2, 0) is 0 Å². The smallest absolute Gasteiger partial charge is 0.257 e. The van der Waals surface area contributed by atoms with Crippen molar-refractivity contribution in [2.75, 3.05) is 32.6 Å². The maximum atomic E-state index is 12.9. The number of carbonyl (C=O) groups is 1. The summed E-state index contributed by atoms with van der Waals surface area (Å²) in [5.74, 6) is 1.06. The van der Waals surface area contributed by atoms with Gasteiger partial charge in [0.2, 0.25) is 0 Å². The standard InChI is InChI=1S/C20H23BrN2O3/c1-25-18-8-4-7-17(19(18)26-2)20(24)23-11-9-15(10-12-23)22-16-6-3-5-14(21)13-16/h3-8,13,15,22H,9-12H2,1-2H3. The van der Waals surface area contributed by atoms with E-state index in [9.17, 15) is 4.79 Å². The number of para-hydroxylation sites is 1. The summed E-state index contributed by atoms with van der Waals surface area (Å²) < 4.78 is 11.8. The maximum Gasteiger partial charge on any atom is 0.257 e. The van der Waals surface area contributed by atoms with E-state index < -0.39 is 0 Å². The van der Waals surface area contributed by atoms with Gasteiger partial charge in [-0.25, -0.2) is 0 Å². The number of likely N-dealkylation sites (tertiary alicyclic amines) is 1. The topological polar surface area (TPSA) is 50.8 Å². The predicted octanol–water partition coefficient (Wildman–Crippen LogP) is 4.18. The van der Waals surface area contributed by atoms with E-state index in [-0.39, 0.29) is 5.91 Å². The third kappa shape index (κ3) is 4.12. The average molecular weight is 419 g/mol. The van der Waals surface area contributed by atoms with E-state index in [1.54, 1.807) is 26.4 Å². The first-order chi connectivity index (χ1) is 12.6. The maximum absolute atomic E-state index is 12.9. The molecule has 3 rings (SSSR count). The molecule has 26 heavy (non-hydrogen) atoms. The van der Waals surface area contributed by atoms with Crippen LogP contribution in [0.4, 0.5) is 5.69 Å². The molecule has 2 aromatic rings. The Kier molecular flexibility index (Phi) is 6.04. The highest BCUT2D eigenvalue weighted by molar-refractivity contribution is 9.10. The fourth-order valence-electron chi connectivity index (χ4n) is 3.27. The molecule has 0 radical (unpaired) electrons. The highest BCUT2D eigenvalue weighted by Crippen LogP contribution is 2.32. The van der Waals surface area contributed by atoms with Crippen molar-refractivity contribution in [3.8, 4) is 11.5 Å². The van der Waals surface area contributed by atoms with Gasteiger partial charge in [0.25, 0.3) is 5.91 Å². The number of nitrogens with one attached hydrogen (secondary N) is 1. The first-order valence-corrected chi connectivity index (χ1v) is 9.44. The molecule has 0 bridgehead atoms. The average Bonchev–Trinajstić information content (AvgIpc) is 2.67. The highest BCUT2D eigenvalue weighted by Gasteiger charge is 2.26. The minimum atomic E-state index is -0.0124. The van der Waals surface area contributed by atoms with Crippen molar-refractivity contribution < 1.29 is 14.3 Å². The first-order valence-electron chi connectivity index (χ1n) is 8.64. The second-order valence-corrected chi connectivity index (χ2v) is 7.18. The van der Waals surface area contributed by atoms with E-state index in [0.29, 0.717) is 36.2 Å². The minimum Gasteiger partial charge on any atom is -0.493 e. The number of nitrogens with zero attached hydrogens (tertiary/aromatic N) is 1. The Morgan fingerprint density at radius 1 is 1.12 bits per heavy atom. The van der Waals surface area contributed by atoms with Gasteiger partial charge in [0.15, 0.2) is 11.5 Å². The fourth-order valence-corrected chi connectivity index (χ4v) is 3.67. The molecule has 0 atom stereocenters. The third-order valence-corrected chi connectivity index (χ3v) is 5.10. The number of anilines is 1. The summed E-state index contributed by atoms with van der Waals surface area (Å²) in [5.41, 5.74) is 1.64. The van der Waals surface area contributed by atoms with E-state index in [0.717, 1.165) is 23.0 Å². The number of piperidine rings is 1. The zero-order chi connectivity index (χ0) is 18.5. The van der Waals surface area contributed by atoms with Gasteiger partial charge in [-0.15, -0.1) is 0 Å². The lowest BCUT2D eigenvalue weighted by Crippen LogP contribution is -2.42. The summed E-state index contributed by atoms with van der Waals surface area (Å²) in [4.78, 5) is 14.8. The van der Waals surface area contributed by atoms with E-state index >= 15 is 0 Å². The predicted molar refractivity (Wildman–Crippen MR) is 106 cm³/mol. The van der Waals surface area contributed by atoms with Gasteiger partial charge < -0.3 is 19.7 Å². The molecule has 1 aliphatic rings. The zero-order valence-electron chi connectivity index (χ0n) is 15.0. The molecule has 2 aromatic carbocycles. The number of halogens is 1. The SMILES string of the molecule is COc1cccc(C(=O)N2CCC(Nc3cccc(Br)c3)CC2)c1OC. The van der Waals surface area contributed by atoms with Crippen molar-refractivity contribution in [1.82, 2.24) is 4.90 Å². The lowest BCUT2D eigenvalue weighted by molar-refractivity contribution is 0.0714. The lowest BCUT2D eigenvalue weighted by Gasteiger charge is -2.33. The second-order valence-electron chi connectivity index (χ2n) is 6.26. The van der Waals surface area contributed by atoms with Crippen molar-refractivity contribution in [2.45, 2.75) is 18.9 Å². The van der Waals surface area contributed by atoms with Crippen LogP contribution in [0.25, 0.3) is 0 Å². The molecule has 1 N–H and O–H groups in total. The Morgan fingerprint density at radius 3 is 2.50 bits per heavy atom. The molecule has 1 heterocycles. The summed E-state index contributed by atoms with van der Waals surface area (Å²) in [6.07, 6.45) is 1.81. The van der Waals surface area contributed by atoms with Crippen LogP contribution in [-0.4, -0.2) is 44.2 Å². The molecule has 1 aliphatic heterocycles. The van der Waals surface area contributed by atoms with E-state index in [1.165, 1.54) is 0 Å². The number of rotatable bonds is 5. The van der Waals surface area contributed by atoms with Gasteiger partial charge in [-0.05, 0) is 43.2 Å². The summed E-state index contributed by atoms with van der Waals surface area (Å²) >= 11 is 3.49. The van der Waals surface area contributed by atoms with Gasteiger partial charge in [0.05, 0.1) is 19.8 Å². The van der Waals surface area contributed by atoms with Crippen LogP contribution >= 0.6 is 15.9 Å². The number of carbonyl (C=O) groups excluding carboxylic acids is 1. The quantitative estimate of drug-likeness (QED) is 0.790. The molecule has 1 saturated heterocycles. The van der Waals surface area contributed by atoms with Crippen LogP contribution in [0.3, 0.4) is 0 Å². The van der Waals surface area contributed by atoms with Gasteiger partial charge in [0.1, 0.15) is 0 Å². The molecular weight excluding hydrogens is 396 g/mol. The number of amides is 1. The molecule has 1 amide bonds. The molecule has 1 fully saturated rings. The van der Waals surface area contributed by atoms with E-state index in [1.807, 2.05) is 23.1 Å². The molecule has 138 valence electrons. The molecule has 6 heteroatoms. The van der Waals surface area contributed by atoms with Gasteiger partial charge >= 0.3 is 0 Å². The minimum absolute atomic E-state index is 0.0124. The summed E-state index contributed by atoms with van der Waals surface area (Å²) in [5, 5.41) is 3.55. The lowest BCUT2D eigenvalue weighted by atomic mass is 10.0. The van der Waals surface area contributed by atoms with Gasteiger partial charge in [-0.1, -0.05) is 28.1 Å². The molecule has 5 nitrogen and oxygen atoms in total. The molecule has 0 aromatic heterocycles. The summed E-state index contributed by atoms with van der Waals surface area (Å²) in [7, 11) is 3.13. The molecule has 0 unspecified atom stereocenters. The Bertz CT molecular complexity index is 773. The van der Waals surface area contributed by atoms with Crippen LogP contribution in [0, 0.1) is 0 Å². The Labute approximate surface area is 162 Å². The Hall–Kier alpha value is -2.21. The summed E-state index contributed by atoms with van der Waals surface area (Å²) in [6, 6.07) is 13.9. The molecule has 0 saturated carbocycles. The molecular formula is C20H23BrN2O3. The highest BCUT2D eigenvalue weighted by atomic mass is 79.9. The van der Waals surface area contributed by atoms with Crippen LogP contribution in [0.2, 0.25) is 0 Å².